The normalized spacial score (nSPS) is 17.7. The molecule has 144 valence electrons. The van der Waals surface area contributed by atoms with Crippen LogP contribution >= 0.6 is 11.6 Å². The van der Waals surface area contributed by atoms with Crippen LogP contribution in [0.1, 0.15) is 29.6 Å². The minimum Gasteiger partial charge on any atom is -0.480 e. The molecule has 0 aliphatic carbocycles. The van der Waals surface area contributed by atoms with Crippen LogP contribution in [0.25, 0.3) is 11.3 Å². The fraction of sp³-hybridized carbons (Fsp3) is 0.421. The van der Waals surface area contributed by atoms with Crippen molar-refractivity contribution in [3.63, 3.8) is 0 Å². The molecule has 1 saturated heterocycles. The first-order chi connectivity index (χ1) is 13.0. The maximum Gasteiger partial charge on any atom is 0.317 e. The number of likely N-dealkylation sites (N-methyl/N-ethyl adjacent to an activating group) is 1. The Kier molecular flexibility index (Phi) is 6.13. The van der Waals surface area contributed by atoms with E-state index in [9.17, 15) is 9.59 Å². The molecule has 0 radical (unpaired) electrons. The second kappa shape index (κ2) is 8.54. The van der Waals surface area contributed by atoms with Crippen LogP contribution in [0.3, 0.4) is 0 Å². The van der Waals surface area contributed by atoms with Gasteiger partial charge in [-0.1, -0.05) is 29.8 Å². The lowest BCUT2D eigenvalue weighted by Crippen LogP contribution is -2.37. The van der Waals surface area contributed by atoms with Crippen molar-refractivity contribution in [1.82, 2.24) is 20.0 Å². The molecule has 1 amide bonds. The van der Waals surface area contributed by atoms with E-state index in [4.69, 9.17) is 16.7 Å². The summed E-state index contributed by atoms with van der Waals surface area (Å²) in [4.78, 5) is 27.7. The number of carbonyl (C=O) groups excluding carboxylic acids is 1. The van der Waals surface area contributed by atoms with Crippen LogP contribution in [-0.2, 0) is 4.79 Å². The van der Waals surface area contributed by atoms with Crippen molar-refractivity contribution < 1.29 is 14.7 Å². The summed E-state index contributed by atoms with van der Waals surface area (Å²) in [6.07, 6.45) is 3.99. The lowest BCUT2D eigenvalue weighted by atomic mass is 10.1. The maximum atomic E-state index is 13.1. The third kappa shape index (κ3) is 4.48. The van der Waals surface area contributed by atoms with E-state index in [-0.39, 0.29) is 18.5 Å². The summed E-state index contributed by atoms with van der Waals surface area (Å²) in [5.74, 6) is -0.919. The summed E-state index contributed by atoms with van der Waals surface area (Å²) < 4.78 is 0. The summed E-state index contributed by atoms with van der Waals surface area (Å²) in [6, 6.07) is 7.50. The number of nitrogens with zero attached hydrogens (tertiary/aromatic N) is 3. The number of H-pyrrole nitrogens is 1. The van der Waals surface area contributed by atoms with Crippen LogP contribution < -0.4 is 0 Å². The predicted octanol–water partition coefficient (Wildman–Crippen LogP) is 2.74. The number of rotatable bonds is 5. The van der Waals surface area contributed by atoms with E-state index in [1.54, 1.807) is 12.3 Å². The fourth-order valence-electron chi connectivity index (χ4n) is 3.55. The average Bonchev–Trinajstić information content (AvgIpc) is 2.97. The summed E-state index contributed by atoms with van der Waals surface area (Å²) in [7, 11) is 1.82. The molecular weight excluding hydrogens is 368 g/mol. The Morgan fingerprint density at radius 2 is 2.11 bits per heavy atom. The van der Waals surface area contributed by atoms with E-state index in [1.165, 1.54) is 0 Å². The van der Waals surface area contributed by atoms with E-state index in [1.807, 2.05) is 35.0 Å². The molecule has 2 aromatic rings. The maximum absolute atomic E-state index is 13.1. The standard InChI is InChI=1S/C19H23ClN4O3/c1-23(12-17(25)26)13-5-4-9-24(10-8-13)19(27)15-11-21-22-18(15)14-6-2-3-7-16(14)20/h2-3,6-7,11,13H,4-5,8-10,12H2,1H3,(H,21,22)(H,25,26). The molecule has 0 bridgehead atoms. The van der Waals surface area contributed by atoms with Gasteiger partial charge in [-0.15, -0.1) is 0 Å². The number of aromatic nitrogens is 2. The molecule has 0 saturated carbocycles. The highest BCUT2D eigenvalue weighted by Crippen LogP contribution is 2.29. The molecule has 1 fully saturated rings. The number of carboxylic acid groups (broad SMARTS) is 1. The first kappa shape index (κ1) is 19.4. The zero-order chi connectivity index (χ0) is 19.4. The summed E-state index contributed by atoms with van der Waals surface area (Å²) >= 11 is 6.27. The third-order valence-corrected chi connectivity index (χ3v) is 5.34. The second-order valence-electron chi connectivity index (χ2n) is 6.82. The van der Waals surface area contributed by atoms with Crippen LogP contribution in [0.15, 0.2) is 30.5 Å². The topological polar surface area (TPSA) is 89.5 Å². The lowest BCUT2D eigenvalue weighted by molar-refractivity contribution is -0.138. The van der Waals surface area contributed by atoms with Gasteiger partial charge in [-0.25, -0.2) is 0 Å². The minimum atomic E-state index is -0.836. The Bertz CT molecular complexity index is 823. The van der Waals surface area contributed by atoms with Crippen molar-refractivity contribution in [3.8, 4) is 11.3 Å². The first-order valence-electron chi connectivity index (χ1n) is 8.97. The van der Waals surface area contributed by atoms with Gasteiger partial charge in [-0.05, 0) is 32.4 Å². The monoisotopic (exact) mass is 390 g/mol. The molecule has 1 aromatic carbocycles. The molecule has 3 rings (SSSR count). The first-order valence-corrected chi connectivity index (χ1v) is 9.34. The Morgan fingerprint density at radius 1 is 1.33 bits per heavy atom. The van der Waals surface area contributed by atoms with Crippen LogP contribution in [0, 0.1) is 0 Å². The highest BCUT2D eigenvalue weighted by atomic mass is 35.5. The number of hydrogen-bond acceptors (Lipinski definition) is 4. The summed E-state index contributed by atoms with van der Waals surface area (Å²) in [5, 5.41) is 16.5. The van der Waals surface area contributed by atoms with Crippen molar-refractivity contribution in [3.05, 3.63) is 41.0 Å². The van der Waals surface area contributed by atoms with Gasteiger partial charge in [0.05, 0.1) is 24.0 Å². The zero-order valence-corrected chi connectivity index (χ0v) is 15.9. The fourth-order valence-corrected chi connectivity index (χ4v) is 3.78. The molecular formula is C19H23ClN4O3. The zero-order valence-electron chi connectivity index (χ0n) is 15.2. The molecule has 2 heterocycles. The molecule has 1 atom stereocenters. The molecule has 1 unspecified atom stereocenters. The van der Waals surface area contributed by atoms with Crippen molar-refractivity contribution >= 4 is 23.5 Å². The van der Waals surface area contributed by atoms with Crippen molar-refractivity contribution in [2.24, 2.45) is 0 Å². The quantitative estimate of drug-likeness (QED) is 0.819. The van der Waals surface area contributed by atoms with Crippen molar-refractivity contribution in [2.75, 3.05) is 26.7 Å². The van der Waals surface area contributed by atoms with Crippen LogP contribution in [0.4, 0.5) is 0 Å². The van der Waals surface area contributed by atoms with Gasteiger partial charge in [0.1, 0.15) is 0 Å². The molecule has 27 heavy (non-hydrogen) atoms. The lowest BCUT2D eigenvalue weighted by Gasteiger charge is -2.25. The number of nitrogens with one attached hydrogen (secondary N) is 1. The van der Waals surface area contributed by atoms with E-state index in [2.05, 4.69) is 10.2 Å². The number of amides is 1. The van der Waals surface area contributed by atoms with Crippen LogP contribution in [-0.4, -0.2) is 69.7 Å². The van der Waals surface area contributed by atoms with E-state index < -0.39 is 5.97 Å². The second-order valence-corrected chi connectivity index (χ2v) is 7.23. The predicted molar refractivity (Wildman–Crippen MR) is 103 cm³/mol. The summed E-state index contributed by atoms with van der Waals surface area (Å²) in [6.45, 7) is 1.24. The Hall–Kier alpha value is -2.38. The molecule has 8 heteroatoms. The van der Waals surface area contributed by atoms with E-state index in [0.717, 1.165) is 24.8 Å². The molecule has 2 N–H and O–H groups in total. The third-order valence-electron chi connectivity index (χ3n) is 5.01. The molecule has 7 nitrogen and oxygen atoms in total. The van der Waals surface area contributed by atoms with E-state index >= 15 is 0 Å². The number of likely N-dealkylation sites (tertiary alicyclic amines) is 1. The molecule has 1 aromatic heterocycles. The number of benzene rings is 1. The Balaban J connectivity index is 1.73. The highest BCUT2D eigenvalue weighted by Gasteiger charge is 2.27. The number of aromatic amines is 1. The van der Waals surface area contributed by atoms with Gasteiger partial charge in [0.2, 0.25) is 0 Å². The van der Waals surface area contributed by atoms with E-state index in [0.29, 0.717) is 29.4 Å². The molecule has 1 aliphatic rings. The highest BCUT2D eigenvalue weighted by molar-refractivity contribution is 6.33. The summed E-state index contributed by atoms with van der Waals surface area (Å²) in [5.41, 5.74) is 1.86. The number of carboxylic acids is 1. The smallest absolute Gasteiger partial charge is 0.317 e. The van der Waals surface area contributed by atoms with Crippen molar-refractivity contribution in [2.45, 2.75) is 25.3 Å². The number of aliphatic carboxylic acids is 1. The van der Waals surface area contributed by atoms with Gasteiger partial charge in [-0.3, -0.25) is 19.6 Å². The Labute approximate surface area is 162 Å². The number of hydrogen-bond donors (Lipinski definition) is 2. The Morgan fingerprint density at radius 3 is 2.85 bits per heavy atom. The van der Waals surface area contributed by atoms with Gasteiger partial charge in [-0.2, -0.15) is 5.10 Å². The van der Waals surface area contributed by atoms with Gasteiger partial charge < -0.3 is 10.0 Å². The van der Waals surface area contributed by atoms with Crippen LogP contribution in [0.5, 0.6) is 0 Å². The largest absolute Gasteiger partial charge is 0.480 e. The molecule has 0 spiro atoms. The van der Waals surface area contributed by atoms with Crippen LogP contribution in [0.2, 0.25) is 5.02 Å². The van der Waals surface area contributed by atoms with Gasteiger partial charge in [0, 0.05) is 29.7 Å². The minimum absolute atomic E-state index is 0.0109. The van der Waals surface area contributed by atoms with Crippen molar-refractivity contribution in [1.29, 1.82) is 0 Å². The SMILES string of the molecule is CN(CC(=O)O)C1CCCN(C(=O)c2cn[nH]c2-c2ccccc2Cl)CC1. The van der Waals surface area contributed by atoms with Gasteiger partial charge in [0.25, 0.3) is 5.91 Å². The average molecular weight is 391 g/mol. The van der Waals surface area contributed by atoms with Gasteiger partial charge >= 0.3 is 5.97 Å². The number of carbonyl (C=O) groups is 2. The van der Waals surface area contributed by atoms with Gasteiger partial charge in [0.15, 0.2) is 0 Å². The molecule has 1 aliphatic heterocycles. The number of halogens is 1.